The molecule has 0 saturated heterocycles. The van der Waals surface area contributed by atoms with E-state index in [2.05, 4.69) is 9.69 Å². The molecule has 1 aliphatic rings. The fourth-order valence-corrected chi connectivity index (χ4v) is 2.14. The molecule has 92 valence electrons. The molecule has 0 bridgehead atoms. The topological polar surface area (TPSA) is 56.3 Å². The van der Waals surface area contributed by atoms with E-state index < -0.39 is 5.82 Å². The second kappa shape index (κ2) is 5.07. The Kier molecular flexibility index (Phi) is 3.30. The van der Waals surface area contributed by atoms with Crippen LogP contribution < -0.4 is 0 Å². The molecule has 0 atom stereocenters. The summed E-state index contributed by atoms with van der Waals surface area (Å²) in [6.45, 7) is 14.0. The van der Waals surface area contributed by atoms with Gasteiger partial charge in [0.25, 0.3) is 11.4 Å². The molecule has 0 amide bonds. The van der Waals surface area contributed by atoms with Crippen molar-refractivity contribution in [1.29, 1.82) is 10.5 Å². The second-order valence-corrected chi connectivity index (χ2v) is 3.97. The van der Waals surface area contributed by atoms with Crippen molar-refractivity contribution >= 4 is 11.1 Å². The lowest BCUT2D eigenvalue weighted by Crippen LogP contribution is -1.86. The van der Waals surface area contributed by atoms with Crippen LogP contribution in [0.2, 0.25) is 0 Å². The van der Waals surface area contributed by atoms with Crippen molar-refractivity contribution in [3.8, 4) is 12.1 Å². The maximum absolute atomic E-state index is 13.4. The van der Waals surface area contributed by atoms with Gasteiger partial charge in [0.05, 0.1) is 25.3 Å². The molecule has 1 aromatic carbocycles. The van der Waals surface area contributed by atoms with E-state index >= 15 is 0 Å². The highest BCUT2D eigenvalue weighted by Gasteiger charge is 2.27. The van der Waals surface area contributed by atoms with E-state index in [9.17, 15) is 4.39 Å². The molecular weight excluding hydrogens is 255 g/mol. The second-order valence-electron chi connectivity index (χ2n) is 3.97. The van der Waals surface area contributed by atoms with Crippen molar-refractivity contribution in [3.05, 3.63) is 69.4 Å². The van der Waals surface area contributed by atoms with Gasteiger partial charge in [-0.3, -0.25) is 0 Å². The number of halogens is 1. The Morgan fingerprint density at radius 2 is 1.60 bits per heavy atom. The standard InChI is InChI=1S/C15H5FN4/c1-19-14(7-17)12-6-13(15(8-18)20-2)11-5-9(16)3-4-10(11)12/h3-5H,6H2/b14-12-,15-13-. The SMILES string of the molecule is [C-]#[N+]/C(C#N)=C1/C/C(=C(\C#N)[N+]#[C-])c2cc(F)ccc21. The summed E-state index contributed by atoms with van der Waals surface area (Å²) in [5, 5.41) is 17.9. The predicted octanol–water partition coefficient (Wildman–Crippen LogP) is 3.54. The molecule has 20 heavy (non-hydrogen) atoms. The third-order valence-electron chi connectivity index (χ3n) is 2.99. The highest BCUT2D eigenvalue weighted by Crippen LogP contribution is 2.44. The number of nitriles is 2. The fraction of sp³-hybridized carbons (Fsp3) is 0.0667. The zero-order chi connectivity index (χ0) is 14.7. The third kappa shape index (κ3) is 1.91. The number of benzene rings is 1. The van der Waals surface area contributed by atoms with Crippen molar-refractivity contribution in [3.63, 3.8) is 0 Å². The maximum Gasteiger partial charge on any atom is 0.265 e. The number of hydrogen-bond donors (Lipinski definition) is 0. The molecule has 0 N–H and O–H groups in total. The molecule has 0 aromatic heterocycles. The first-order valence-electron chi connectivity index (χ1n) is 5.48. The highest BCUT2D eigenvalue weighted by molar-refractivity contribution is 5.97. The van der Waals surface area contributed by atoms with Crippen LogP contribution in [0.1, 0.15) is 17.5 Å². The minimum absolute atomic E-state index is 0.102. The molecule has 0 radical (unpaired) electrons. The van der Waals surface area contributed by atoms with Crippen LogP contribution in [0.5, 0.6) is 0 Å². The minimum Gasteiger partial charge on any atom is -0.226 e. The van der Waals surface area contributed by atoms with E-state index in [-0.39, 0.29) is 17.8 Å². The summed E-state index contributed by atoms with van der Waals surface area (Å²) >= 11 is 0. The summed E-state index contributed by atoms with van der Waals surface area (Å²) < 4.78 is 13.4. The first kappa shape index (κ1) is 13.0. The monoisotopic (exact) mass is 260 g/mol. The molecule has 0 spiro atoms. The van der Waals surface area contributed by atoms with Gasteiger partial charge >= 0.3 is 0 Å². The van der Waals surface area contributed by atoms with Gasteiger partial charge in [-0.15, -0.1) is 0 Å². The zero-order valence-electron chi connectivity index (χ0n) is 10.1. The van der Waals surface area contributed by atoms with Crippen LogP contribution in [0.15, 0.2) is 29.6 Å². The Hall–Kier alpha value is -3.41. The molecule has 1 aromatic rings. The number of fused-ring (bicyclic) bond motifs is 1. The van der Waals surface area contributed by atoms with Crippen molar-refractivity contribution < 1.29 is 4.39 Å². The summed E-state index contributed by atoms with van der Waals surface area (Å²) in [7, 11) is 0. The van der Waals surface area contributed by atoms with Gasteiger partial charge in [-0.05, 0) is 40.8 Å². The first-order chi connectivity index (χ1) is 9.65. The molecule has 0 aliphatic heterocycles. The zero-order valence-corrected chi connectivity index (χ0v) is 10.1. The Labute approximate surface area is 114 Å². The van der Waals surface area contributed by atoms with E-state index in [1.807, 2.05) is 0 Å². The van der Waals surface area contributed by atoms with E-state index in [1.54, 1.807) is 12.1 Å². The summed E-state index contributed by atoms with van der Waals surface area (Å²) in [6, 6.07) is 7.48. The smallest absolute Gasteiger partial charge is 0.226 e. The predicted molar refractivity (Wildman–Crippen MR) is 69.3 cm³/mol. The van der Waals surface area contributed by atoms with Crippen molar-refractivity contribution in [2.24, 2.45) is 0 Å². The quantitative estimate of drug-likeness (QED) is 0.529. The average molecular weight is 260 g/mol. The van der Waals surface area contributed by atoms with E-state index in [0.717, 1.165) is 0 Å². The van der Waals surface area contributed by atoms with Crippen LogP contribution >= 0.6 is 0 Å². The van der Waals surface area contributed by atoms with E-state index in [1.165, 1.54) is 18.2 Å². The summed E-state index contributed by atoms with van der Waals surface area (Å²) in [5.74, 6) is -0.494. The van der Waals surface area contributed by atoms with Gasteiger partial charge in [0, 0.05) is 0 Å². The molecule has 5 heteroatoms. The molecule has 2 rings (SSSR count). The van der Waals surface area contributed by atoms with Gasteiger partial charge < -0.3 is 0 Å². The number of hydrogen-bond acceptors (Lipinski definition) is 2. The Balaban J connectivity index is 2.86. The van der Waals surface area contributed by atoms with Crippen LogP contribution in [-0.4, -0.2) is 0 Å². The lowest BCUT2D eigenvalue weighted by molar-refractivity contribution is 0.627. The summed E-state index contributed by atoms with van der Waals surface area (Å²) in [4.78, 5) is 6.27. The van der Waals surface area contributed by atoms with Crippen LogP contribution in [0, 0.1) is 41.6 Å². The maximum atomic E-state index is 13.4. The molecule has 0 saturated carbocycles. The summed E-state index contributed by atoms with van der Waals surface area (Å²) in [5.41, 5.74) is 1.49. The van der Waals surface area contributed by atoms with Gasteiger partial charge in [0.1, 0.15) is 5.82 Å². The molecular formula is C15H5FN4. The van der Waals surface area contributed by atoms with Crippen LogP contribution in [0.4, 0.5) is 4.39 Å². The van der Waals surface area contributed by atoms with Crippen LogP contribution in [0.3, 0.4) is 0 Å². The first-order valence-corrected chi connectivity index (χ1v) is 5.48. The fourth-order valence-electron chi connectivity index (χ4n) is 2.14. The van der Waals surface area contributed by atoms with Crippen LogP contribution in [0.25, 0.3) is 20.8 Å². The molecule has 1 aliphatic carbocycles. The molecule has 0 fully saturated rings. The average Bonchev–Trinajstić information content (AvgIpc) is 2.81. The largest absolute Gasteiger partial charge is 0.265 e. The molecule has 0 heterocycles. The van der Waals surface area contributed by atoms with Gasteiger partial charge in [0.2, 0.25) is 0 Å². The number of allylic oxidation sites excluding steroid dienone is 4. The lowest BCUT2D eigenvalue weighted by Gasteiger charge is -2.01. The highest BCUT2D eigenvalue weighted by atomic mass is 19.1. The Morgan fingerprint density at radius 3 is 2.10 bits per heavy atom. The normalized spacial score (nSPS) is 17.1. The van der Waals surface area contributed by atoms with E-state index in [4.69, 9.17) is 23.7 Å². The van der Waals surface area contributed by atoms with E-state index in [0.29, 0.717) is 22.3 Å². The lowest BCUT2D eigenvalue weighted by atomic mass is 10.0. The third-order valence-corrected chi connectivity index (χ3v) is 2.99. The van der Waals surface area contributed by atoms with Crippen LogP contribution in [-0.2, 0) is 0 Å². The number of rotatable bonds is 0. The van der Waals surface area contributed by atoms with Gasteiger partial charge in [-0.1, -0.05) is 6.07 Å². The van der Waals surface area contributed by atoms with Gasteiger partial charge in [-0.25, -0.2) is 24.6 Å². The minimum atomic E-state index is -0.494. The Bertz CT molecular complexity index is 801. The van der Waals surface area contributed by atoms with Crippen molar-refractivity contribution in [2.75, 3.05) is 0 Å². The molecule has 0 unspecified atom stereocenters. The summed E-state index contributed by atoms with van der Waals surface area (Å²) in [6.07, 6.45) is 0.120. The van der Waals surface area contributed by atoms with Gasteiger partial charge in [-0.2, -0.15) is 0 Å². The Morgan fingerprint density at radius 1 is 1.05 bits per heavy atom. The van der Waals surface area contributed by atoms with Crippen molar-refractivity contribution in [2.45, 2.75) is 6.42 Å². The number of nitrogens with zero attached hydrogens (tertiary/aromatic N) is 4. The van der Waals surface area contributed by atoms with Crippen molar-refractivity contribution in [1.82, 2.24) is 0 Å². The molecule has 4 nitrogen and oxygen atoms in total. The van der Waals surface area contributed by atoms with Gasteiger partial charge in [0.15, 0.2) is 0 Å².